The summed E-state index contributed by atoms with van der Waals surface area (Å²) in [5, 5.41) is 71.2. The molecule has 2 saturated heterocycles. The first-order chi connectivity index (χ1) is 24.0. The zero-order valence-electron chi connectivity index (χ0n) is 29.6. The zero-order valence-corrected chi connectivity index (χ0v) is 29.6. The minimum absolute atomic E-state index is 0.155. The summed E-state index contributed by atoms with van der Waals surface area (Å²) < 4.78 is 32.9. The highest BCUT2D eigenvalue weighted by Crippen LogP contribution is 2.26. The van der Waals surface area contributed by atoms with Crippen molar-refractivity contribution in [2.45, 2.75) is 171 Å². The van der Waals surface area contributed by atoms with Crippen LogP contribution in [0.4, 0.5) is 0 Å². The van der Waals surface area contributed by atoms with Gasteiger partial charge in [-0.25, -0.2) is 0 Å². The van der Waals surface area contributed by atoms with Gasteiger partial charge < -0.3 is 64.2 Å². The van der Waals surface area contributed by atoms with Crippen LogP contribution in [-0.2, 0) is 38.0 Å². The van der Waals surface area contributed by atoms with Crippen molar-refractivity contribution in [1.82, 2.24) is 0 Å². The average Bonchev–Trinajstić information content (AvgIpc) is 3.10. The van der Waals surface area contributed by atoms with Gasteiger partial charge in [0.25, 0.3) is 0 Å². The smallest absolute Gasteiger partial charge is 0.306 e. The number of rotatable bonds is 25. The van der Waals surface area contributed by atoms with Crippen molar-refractivity contribution in [3.8, 4) is 0 Å². The maximum absolute atomic E-state index is 12.7. The zero-order chi connectivity index (χ0) is 36.9. The second kappa shape index (κ2) is 25.3. The molecular formula is C35H62O15. The lowest BCUT2D eigenvalue weighted by Crippen LogP contribution is -2.61. The first-order valence-corrected chi connectivity index (χ1v) is 18.3. The van der Waals surface area contributed by atoms with Gasteiger partial charge in [-0.1, -0.05) is 70.9 Å². The van der Waals surface area contributed by atoms with E-state index in [1.165, 1.54) is 12.8 Å². The lowest BCUT2D eigenvalue weighted by Gasteiger charge is -2.42. The molecule has 7 N–H and O–H groups in total. The lowest BCUT2D eigenvalue weighted by molar-refractivity contribution is -0.332. The van der Waals surface area contributed by atoms with Crippen molar-refractivity contribution < 1.29 is 73.8 Å². The van der Waals surface area contributed by atoms with Gasteiger partial charge in [0.1, 0.15) is 55.4 Å². The summed E-state index contributed by atoms with van der Waals surface area (Å²) in [7, 11) is 0. The fraction of sp³-hybridized carbons (Fsp3) is 0.886. The monoisotopic (exact) mass is 722 g/mol. The molecule has 0 aromatic heterocycles. The fourth-order valence-corrected chi connectivity index (χ4v) is 5.55. The Morgan fingerprint density at radius 2 is 1.16 bits per heavy atom. The molecule has 0 saturated carbocycles. The summed E-state index contributed by atoms with van der Waals surface area (Å²) in [6.07, 6.45) is -0.402. The number of unbranched alkanes of at least 4 members (excludes halogenated alkanes) is 9. The van der Waals surface area contributed by atoms with E-state index >= 15 is 0 Å². The van der Waals surface area contributed by atoms with Crippen LogP contribution in [-0.4, -0.2) is 142 Å². The lowest BCUT2D eigenvalue weighted by atomic mass is 9.98. The Morgan fingerprint density at radius 1 is 0.620 bits per heavy atom. The van der Waals surface area contributed by atoms with E-state index in [1.54, 1.807) is 0 Å². The molecule has 15 nitrogen and oxygen atoms in total. The fourth-order valence-electron chi connectivity index (χ4n) is 5.55. The summed E-state index contributed by atoms with van der Waals surface area (Å²) in [4.78, 5) is 25.0. The number of hydrogen-bond acceptors (Lipinski definition) is 15. The summed E-state index contributed by atoms with van der Waals surface area (Å²) in [6, 6.07) is 0. The van der Waals surface area contributed by atoms with E-state index in [1.807, 2.05) is 6.92 Å². The van der Waals surface area contributed by atoms with E-state index in [2.05, 4.69) is 19.1 Å². The van der Waals surface area contributed by atoms with E-state index in [0.717, 1.165) is 51.4 Å². The third-order valence-electron chi connectivity index (χ3n) is 8.74. The van der Waals surface area contributed by atoms with E-state index in [-0.39, 0.29) is 26.1 Å². The Balaban J connectivity index is 1.90. The molecule has 0 aliphatic carbocycles. The maximum atomic E-state index is 12.7. The van der Waals surface area contributed by atoms with Gasteiger partial charge in [0, 0.05) is 12.8 Å². The van der Waals surface area contributed by atoms with Gasteiger partial charge in [-0.05, 0) is 32.1 Å². The molecule has 0 radical (unpaired) electrons. The second-order valence-corrected chi connectivity index (χ2v) is 13.1. The summed E-state index contributed by atoms with van der Waals surface area (Å²) >= 11 is 0. The first-order valence-electron chi connectivity index (χ1n) is 18.3. The minimum atomic E-state index is -1.76. The average molecular weight is 723 g/mol. The van der Waals surface area contributed by atoms with Crippen LogP contribution in [0.15, 0.2) is 12.2 Å². The van der Waals surface area contributed by atoms with E-state index in [0.29, 0.717) is 12.8 Å². The number of hydrogen-bond donors (Lipinski definition) is 7. The molecule has 11 unspecified atom stereocenters. The number of esters is 2. The molecular weight excluding hydrogens is 660 g/mol. The molecule has 2 aliphatic heterocycles. The van der Waals surface area contributed by atoms with E-state index < -0.39 is 92.7 Å². The Kier molecular flexibility index (Phi) is 22.4. The van der Waals surface area contributed by atoms with Crippen LogP contribution in [0.3, 0.4) is 0 Å². The van der Waals surface area contributed by atoms with Crippen molar-refractivity contribution in [1.29, 1.82) is 0 Å². The maximum Gasteiger partial charge on any atom is 0.306 e. The quantitative estimate of drug-likeness (QED) is 0.0398. The molecule has 2 heterocycles. The topological polar surface area (TPSA) is 231 Å². The van der Waals surface area contributed by atoms with Crippen LogP contribution in [0.25, 0.3) is 0 Å². The number of aliphatic hydroxyl groups excluding tert-OH is 7. The standard InChI is InChI=1S/C35H62O15/c1-3-5-7-8-9-10-11-12-13-14-16-18-27(38)48-23(20-45-26(37)17-15-6-4-2)21-46-34-33(44)31(42)29(40)25(50-34)22-47-35-32(43)30(41)28(39)24(19-36)49-35/h8-9,23-25,28-36,39-44H,3-7,10-22H2,1-2H3/b9-8-. The largest absolute Gasteiger partial charge is 0.462 e. The summed E-state index contributed by atoms with van der Waals surface area (Å²) in [5.41, 5.74) is 0. The molecule has 0 bridgehead atoms. The van der Waals surface area contributed by atoms with Crippen LogP contribution < -0.4 is 0 Å². The number of aliphatic hydroxyl groups is 7. The third-order valence-corrected chi connectivity index (χ3v) is 8.74. The van der Waals surface area contributed by atoms with Crippen LogP contribution in [0.2, 0.25) is 0 Å². The van der Waals surface area contributed by atoms with Gasteiger partial charge in [0.2, 0.25) is 0 Å². The third kappa shape index (κ3) is 15.9. The first kappa shape index (κ1) is 44.4. The van der Waals surface area contributed by atoms with Crippen LogP contribution in [0.5, 0.6) is 0 Å². The molecule has 0 aromatic rings. The predicted molar refractivity (Wildman–Crippen MR) is 178 cm³/mol. The van der Waals surface area contributed by atoms with Crippen molar-refractivity contribution >= 4 is 11.9 Å². The minimum Gasteiger partial charge on any atom is -0.462 e. The molecule has 0 amide bonds. The van der Waals surface area contributed by atoms with E-state index in [9.17, 15) is 45.3 Å². The molecule has 15 heteroatoms. The number of allylic oxidation sites excluding steroid dienone is 2. The van der Waals surface area contributed by atoms with Gasteiger partial charge in [-0.15, -0.1) is 0 Å². The molecule has 50 heavy (non-hydrogen) atoms. The molecule has 2 rings (SSSR count). The number of carbonyl (C=O) groups is 2. The molecule has 0 aromatic carbocycles. The summed E-state index contributed by atoms with van der Waals surface area (Å²) in [5.74, 6) is -0.969. The molecule has 2 fully saturated rings. The molecule has 11 atom stereocenters. The van der Waals surface area contributed by atoms with Crippen molar-refractivity contribution in [3.63, 3.8) is 0 Å². The highest BCUT2D eigenvalue weighted by molar-refractivity contribution is 5.70. The van der Waals surface area contributed by atoms with Gasteiger partial charge in [0.05, 0.1) is 19.8 Å². The van der Waals surface area contributed by atoms with Gasteiger partial charge in [0.15, 0.2) is 18.7 Å². The SMILES string of the molecule is CCCC/C=C\CCCCCCCC(=O)OC(COC(=O)CCCCC)COC1OC(COC2OC(CO)C(O)C(O)C2O)C(O)C(O)C1O. The highest BCUT2D eigenvalue weighted by atomic mass is 16.7. The summed E-state index contributed by atoms with van der Waals surface area (Å²) in [6.45, 7) is 2.29. The Morgan fingerprint density at radius 3 is 1.82 bits per heavy atom. The van der Waals surface area contributed by atoms with Crippen LogP contribution in [0.1, 0.15) is 104 Å². The molecule has 292 valence electrons. The van der Waals surface area contributed by atoms with Gasteiger partial charge in [-0.3, -0.25) is 9.59 Å². The Labute approximate surface area is 295 Å². The van der Waals surface area contributed by atoms with Crippen LogP contribution in [0, 0.1) is 0 Å². The van der Waals surface area contributed by atoms with E-state index in [4.69, 9.17) is 28.4 Å². The highest BCUT2D eigenvalue weighted by Gasteiger charge is 2.47. The van der Waals surface area contributed by atoms with Gasteiger partial charge >= 0.3 is 11.9 Å². The Hall–Kier alpha value is -1.76. The normalized spacial score (nSPS) is 30.7. The molecule has 2 aliphatic rings. The number of carbonyl (C=O) groups excluding carboxylic acids is 2. The van der Waals surface area contributed by atoms with Crippen molar-refractivity contribution in [2.75, 3.05) is 26.4 Å². The van der Waals surface area contributed by atoms with Gasteiger partial charge in [-0.2, -0.15) is 0 Å². The Bertz CT molecular complexity index is 949. The van der Waals surface area contributed by atoms with Crippen LogP contribution >= 0.6 is 0 Å². The molecule has 0 spiro atoms. The second-order valence-electron chi connectivity index (χ2n) is 13.1. The predicted octanol–water partition coefficient (Wildman–Crippen LogP) is 1.14. The number of ether oxygens (including phenoxy) is 6. The van der Waals surface area contributed by atoms with Crippen molar-refractivity contribution in [3.05, 3.63) is 12.2 Å². The van der Waals surface area contributed by atoms with Crippen molar-refractivity contribution in [2.24, 2.45) is 0 Å².